The fraction of sp³-hybridized carbons (Fsp3) is 0.391. The molecule has 0 radical (unpaired) electrons. The summed E-state index contributed by atoms with van der Waals surface area (Å²) in [6.07, 6.45) is 2.71. The van der Waals surface area contributed by atoms with Crippen LogP contribution in [0.3, 0.4) is 0 Å². The number of hydrazone groups is 1. The Morgan fingerprint density at radius 1 is 0.964 bits per heavy atom. The van der Waals surface area contributed by atoms with Gasteiger partial charge in [-0.2, -0.15) is 5.10 Å². The molecule has 2 aromatic rings. The van der Waals surface area contributed by atoms with Gasteiger partial charge < -0.3 is 0 Å². The predicted molar refractivity (Wildman–Crippen MR) is 114 cm³/mol. The second kappa shape index (κ2) is 10.2. The van der Waals surface area contributed by atoms with Crippen LogP contribution in [0.15, 0.2) is 53.6 Å². The minimum absolute atomic E-state index is 0.0617. The van der Waals surface area contributed by atoms with Crippen molar-refractivity contribution in [3.8, 4) is 0 Å². The minimum atomic E-state index is -0.0617. The second-order valence-corrected chi connectivity index (χ2v) is 7.43. The van der Waals surface area contributed by atoms with Crippen LogP contribution in [0.25, 0.3) is 0 Å². The summed E-state index contributed by atoms with van der Waals surface area (Å²) in [5.74, 6) is -0.0617. The molecule has 1 aliphatic heterocycles. The van der Waals surface area contributed by atoms with Gasteiger partial charge in [0.15, 0.2) is 0 Å². The second-order valence-electron chi connectivity index (χ2n) is 7.43. The summed E-state index contributed by atoms with van der Waals surface area (Å²) in [6.45, 7) is 9.38. The van der Waals surface area contributed by atoms with Crippen LogP contribution in [0.5, 0.6) is 0 Å². The minimum Gasteiger partial charge on any atom is -0.297 e. The highest BCUT2D eigenvalue weighted by Crippen LogP contribution is 2.09. The van der Waals surface area contributed by atoms with E-state index in [0.29, 0.717) is 6.54 Å². The molecule has 5 nitrogen and oxygen atoms in total. The average Bonchev–Trinajstić information content (AvgIpc) is 2.72. The van der Waals surface area contributed by atoms with Crippen molar-refractivity contribution in [3.05, 3.63) is 70.8 Å². The number of carbonyl (C=O) groups excluding carboxylic acids is 1. The highest BCUT2D eigenvalue weighted by molar-refractivity contribution is 5.83. The zero-order valence-corrected chi connectivity index (χ0v) is 16.9. The van der Waals surface area contributed by atoms with Gasteiger partial charge in [0.25, 0.3) is 5.91 Å². The van der Waals surface area contributed by atoms with Crippen LogP contribution in [-0.2, 0) is 17.8 Å². The molecule has 2 aromatic carbocycles. The normalized spacial score (nSPS) is 15.8. The smallest absolute Gasteiger partial charge is 0.254 e. The molecular weight excluding hydrogens is 348 g/mol. The molecule has 3 rings (SSSR count). The molecule has 0 atom stereocenters. The molecule has 0 aromatic heterocycles. The number of amides is 1. The average molecular weight is 379 g/mol. The van der Waals surface area contributed by atoms with Crippen LogP contribution in [0.1, 0.15) is 29.2 Å². The molecule has 28 heavy (non-hydrogen) atoms. The fourth-order valence-electron chi connectivity index (χ4n) is 3.31. The molecule has 0 saturated carbocycles. The fourth-order valence-corrected chi connectivity index (χ4v) is 3.31. The van der Waals surface area contributed by atoms with E-state index in [9.17, 15) is 4.79 Å². The lowest BCUT2D eigenvalue weighted by Gasteiger charge is -2.34. The van der Waals surface area contributed by atoms with E-state index in [-0.39, 0.29) is 5.91 Å². The highest BCUT2D eigenvalue weighted by Gasteiger charge is 2.18. The Balaban J connectivity index is 1.37. The monoisotopic (exact) mass is 378 g/mol. The Morgan fingerprint density at radius 3 is 2.21 bits per heavy atom. The third-order valence-electron chi connectivity index (χ3n) is 5.15. The number of nitrogens with zero attached hydrogens (tertiary/aromatic N) is 3. The lowest BCUT2D eigenvalue weighted by Crippen LogP contribution is -2.48. The number of aryl methyl sites for hydroxylation is 2. The lowest BCUT2D eigenvalue weighted by molar-refractivity contribution is -0.122. The molecule has 0 unspecified atom stereocenters. The molecule has 5 heteroatoms. The zero-order chi connectivity index (χ0) is 19.8. The molecule has 1 aliphatic rings. The van der Waals surface area contributed by atoms with E-state index in [1.165, 1.54) is 16.7 Å². The van der Waals surface area contributed by atoms with Gasteiger partial charge in [0, 0.05) is 32.7 Å². The maximum atomic E-state index is 12.1. The summed E-state index contributed by atoms with van der Waals surface area (Å²) in [5, 5.41) is 4.08. The maximum absolute atomic E-state index is 12.1. The number of rotatable bonds is 7. The van der Waals surface area contributed by atoms with Crippen molar-refractivity contribution in [2.45, 2.75) is 26.8 Å². The number of hydrogen-bond donors (Lipinski definition) is 1. The number of hydrogen-bond acceptors (Lipinski definition) is 4. The molecule has 0 spiro atoms. The summed E-state index contributed by atoms with van der Waals surface area (Å²) in [7, 11) is 0. The van der Waals surface area contributed by atoms with Gasteiger partial charge in [0.1, 0.15) is 0 Å². The number of nitrogens with one attached hydrogen (secondary N) is 1. The largest absolute Gasteiger partial charge is 0.297 e. The highest BCUT2D eigenvalue weighted by atomic mass is 16.2. The maximum Gasteiger partial charge on any atom is 0.254 e. The third kappa shape index (κ3) is 6.29. The van der Waals surface area contributed by atoms with Crippen molar-refractivity contribution in [1.29, 1.82) is 0 Å². The zero-order valence-electron chi connectivity index (χ0n) is 16.9. The van der Waals surface area contributed by atoms with E-state index in [1.807, 2.05) is 12.1 Å². The van der Waals surface area contributed by atoms with Crippen molar-refractivity contribution in [2.75, 3.05) is 32.7 Å². The molecule has 0 bridgehead atoms. The Kier molecular flexibility index (Phi) is 7.34. The standard InChI is InChI=1S/C23H30N4O/c1-3-20-8-10-21(11-9-20)16-24-25-23(28)18-27-14-12-26(13-15-27)17-22-6-4-19(2)5-7-22/h4-11,16H,3,12-15,17-18H2,1-2H3,(H,25,28)/b24-16-. The van der Waals surface area contributed by atoms with Crippen molar-refractivity contribution in [3.63, 3.8) is 0 Å². The van der Waals surface area contributed by atoms with E-state index in [0.717, 1.165) is 44.7 Å². The quantitative estimate of drug-likeness (QED) is 0.595. The first-order chi connectivity index (χ1) is 13.6. The van der Waals surface area contributed by atoms with Crippen LogP contribution in [0.4, 0.5) is 0 Å². The molecule has 148 valence electrons. The van der Waals surface area contributed by atoms with Gasteiger partial charge >= 0.3 is 0 Å². The molecule has 1 fully saturated rings. The Hall–Kier alpha value is -2.50. The van der Waals surface area contributed by atoms with Gasteiger partial charge in [-0.05, 0) is 30.0 Å². The summed E-state index contributed by atoms with van der Waals surface area (Å²) in [5.41, 5.74) is 7.56. The van der Waals surface area contributed by atoms with Crippen LogP contribution in [-0.4, -0.2) is 54.6 Å². The Bertz CT molecular complexity index is 775. The number of piperazine rings is 1. The summed E-state index contributed by atoms with van der Waals surface area (Å²) in [6, 6.07) is 16.9. The van der Waals surface area contributed by atoms with Gasteiger partial charge in [-0.3, -0.25) is 14.6 Å². The molecule has 0 aliphatic carbocycles. The molecule has 1 saturated heterocycles. The number of carbonyl (C=O) groups is 1. The molecule has 1 heterocycles. The molecule has 1 N–H and O–H groups in total. The first-order valence-electron chi connectivity index (χ1n) is 10.0. The van der Waals surface area contributed by atoms with E-state index in [4.69, 9.17) is 0 Å². The van der Waals surface area contributed by atoms with Gasteiger partial charge in [-0.25, -0.2) is 5.43 Å². The first-order valence-corrected chi connectivity index (χ1v) is 10.0. The summed E-state index contributed by atoms with van der Waals surface area (Å²) >= 11 is 0. The Morgan fingerprint density at radius 2 is 1.57 bits per heavy atom. The van der Waals surface area contributed by atoms with Crippen molar-refractivity contribution < 1.29 is 4.79 Å². The van der Waals surface area contributed by atoms with E-state index < -0.39 is 0 Å². The van der Waals surface area contributed by atoms with Crippen LogP contribution >= 0.6 is 0 Å². The lowest BCUT2D eigenvalue weighted by atomic mass is 10.1. The van der Waals surface area contributed by atoms with Crippen LogP contribution < -0.4 is 5.43 Å². The van der Waals surface area contributed by atoms with E-state index in [1.54, 1.807) is 6.21 Å². The summed E-state index contributed by atoms with van der Waals surface area (Å²) in [4.78, 5) is 16.8. The molecular formula is C23H30N4O. The number of benzene rings is 2. The van der Waals surface area contributed by atoms with Crippen molar-refractivity contribution in [2.24, 2.45) is 5.10 Å². The van der Waals surface area contributed by atoms with Crippen molar-refractivity contribution in [1.82, 2.24) is 15.2 Å². The van der Waals surface area contributed by atoms with Crippen molar-refractivity contribution >= 4 is 12.1 Å². The predicted octanol–water partition coefficient (Wildman–Crippen LogP) is 2.83. The van der Waals surface area contributed by atoms with Gasteiger partial charge in [0.2, 0.25) is 0 Å². The van der Waals surface area contributed by atoms with Crippen LogP contribution in [0, 0.1) is 6.92 Å². The third-order valence-corrected chi connectivity index (χ3v) is 5.15. The Labute approximate surface area is 168 Å². The van der Waals surface area contributed by atoms with E-state index in [2.05, 4.69) is 70.6 Å². The summed E-state index contributed by atoms with van der Waals surface area (Å²) < 4.78 is 0. The first kappa shape index (κ1) is 20.2. The van der Waals surface area contributed by atoms with Gasteiger partial charge in [0.05, 0.1) is 12.8 Å². The van der Waals surface area contributed by atoms with Gasteiger partial charge in [-0.15, -0.1) is 0 Å². The van der Waals surface area contributed by atoms with Crippen LogP contribution in [0.2, 0.25) is 0 Å². The SMILES string of the molecule is CCc1ccc(/C=N\NC(=O)CN2CCN(Cc3ccc(C)cc3)CC2)cc1. The van der Waals surface area contributed by atoms with Gasteiger partial charge in [-0.1, -0.05) is 61.0 Å². The van der Waals surface area contributed by atoms with E-state index >= 15 is 0 Å². The molecule has 1 amide bonds. The topological polar surface area (TPSA) is 47.9 Å².